The van der Waals surface area contributed by atoms with Crippen LogP contribution in [0, 0.1) is 5.82 Å². The van der Waals surface area contributed by atoms with Crippen LogP contribution in [-0.4, -0.2) is 50.4 Å². The summed E-state index contributed by atoms with van der Waals surface area (Å²) in [5.74, 6) is -0.944. The number of hydrogen-bond donors (Lipinski definition) is 2. The van der Waals surface area contributed by atoms with Crippen molar-refractivity contribution in [1.82, 2.24) is 24.4 Å². The first-order valence-corrected chi connectivity index (χ1v) is 10.6. The maximum Gasteiger partial charge on any atom is 0.268 e. The first-order valence-electron chi connectivity index (χ1n) is 10.6. The van der Waals surface area contributed by atoms with Crippen LogP contribution >= 0.6 is 0 Å². The molecule has 9 nitrogen and oxygen atoms in total. The Balaban J connectivity index is 1.84. The second kappa shape index (κ2) is 9.84. The van der Waals surface area contributed by atoms with E-state index in [9.17, 15) is 19.1 Å². The normalized spacial score (nSPS) is 11.1. The Labute approximate surface area is 194 Å². The van der Waals surface area contributed by atoms with E-state index in [0.29, 0.717) is 17.8 Å². The zero-order valence-corrected chi connectivity index (χ0v) is 18.8. The minimum absolute atomic E-state index is 0.0686. The molecule has 0 atom stereocenters. The van der Waals surface area contributed by atoms with Crippen LogP contribution in [0.15, 0.2) is 53.7 Å². The van der Waals surface area contributed by atoms with E-state index in [2.05, 4.69) is 15.3 Å². The van der Waals surface area contributed by atoms with E-state index in [-0.39, 0.29) is 31.0 Å². The summed E-state index contributed by atoms with van der Waals surface area (Å²) in [5.41, 5.74) is 1.04. The molecule has 1 amide bonds. The van der Waals surface area contributed by atoms with Crippen molar-refractivity contribution in [2.45, 2.75) is 13.0 Å². The second-order valence-electron chi connectivity index (χ2n) is 7.83. The number of fused-ring (bicyclic) bond motifs is 1. The molecule has 3 heterocycles. The van der Waals surface area contributed by atoms with Crippen LogP contribution in [0.1, 0.15) is 27.3 Å². The van der Waals surface area contributed by atoms with E-state index in [1.165, 1.54) is 23.8 Å². The predicted octanol–water partition coefficient (Wildman–Crippen LogP) is 1.99. The van der Waals surface area contributed by atoms with Gasteiger partial charge in [-0.2, -0.15) is 0 Å². The number of aromatic hydroxyl groups is 1. The maximum absolute atomic E-state index is 13.4. The fourth-order valence-corrected chi connectivity index (χ4v) is 3.69. The Bertz CT molecular complexity index is 1400. The molecule has 0 unspecified atom stereocenters. The standard InChI is InChI=1S/C24H24FN5O4/c1-29-9-7-26-19(29)14-30-18-12-16(11-15-3-5-17(25)6-4-15)13-28-21(18)22(31)20(24(30)33)23(32)27-8-10-34-2/h3-7,9,12-13,31H,8,10-11,14H2,1-2H3,(H,27,32). The number of ether oxygens (including phenoxy) is 1. The largest absolute Gasteiger partial charge is 0.505 e. The number of halogens is 1. The van der Waals surface area contributed by atoms with Gasteiger partial charge in [0.1, 0.15) is 22.7 Å². The van der Waals surface area contributed by atoms with Crippen LogP contribution in [0.4, 0.5) is 4.39 Å². The summed E-state index contributed by atoms with van der Waals surface area (Å²) in [6, 6.07) is 7.83. The lowest BCUT2D eigenvalue weighted by Gasteiger charge is -2.15. The molecule has 10 heteroatoms. The fraction of sp³-hybridized carbons (Fsp3) is 0.250. The van der Waals surface area contributed by atoms with E-state index >= 15 is 0 Å². The average Bonchev–Trinajstić information content (AvgIpc) is 3.22. The average molecular weight is 465 g/mol. The van der Waals surface area contributed by atoms with E-state index in [0.717, 1.165) is 11.1 Å². The highest BCUT2D eigenvalue weighted by molar-refractivity contribution is 6.01. The predicted molar refractivity (Wildman–Crippen MR) is 123 cm³/mol. The summed E-state index contributed by atoms with van der Waals surface area (Å²) < 4.78 is 21.3. The smallest absolute Gasteiger partial charge is 0.268 e. The number of nitrogens with one attached hydrogen (secondary N) is 1. The minimum atomic E-state index is -0.716. The van der Waals surface area contributed by atoms with Crippen molar-refractivity contribution >= 4 is 16.9 Å². The number of rotatable bonds is 8. The van der Waals surface area contributed by atoms with Gasteiger partial charge in [-0.1, -0.05) is 12.1 Å². The third-order valence-corrected chi connectivity index (χ3v) is 5.50. The molecule has 0 bridgehead atoms. The van der Waals surface area contributed by atoms with Gasteiger partial charge >= 0.3 is 0 Å². The van der Waals surface area contributed by atoms with Crippen LogP contribution in [0.2, 0.25) is 0 Å². The van der Waals surface area contributed by atoms with Crippen molar-refractivity contribution in [3.63, 3.8) is 0 Å². The summed E-state index contributed by atoms with van der Waals surface area (Å²) in [5, 5.41) is 13.4. The van der Waals surface area contributed by atoms with Gasteiger partial charge in [0, 0.05) is 39.3 Å². The molecule has 3 aromatic heterocycles. The summed E-state index contributed by atoms with van der Waals surface area (Å²) in [6.07, 6.45) is 5.37. The van der Waals surface area contributed by atoms with Gasteiger partial charge in [-0.25, -0.2) is 9.37 Å². The van der Waals surface area contributed by atoms with E-state index in [1.54, 1.807) is 48.4 Å². The first kappa shape index (κ1) is 23.1. The van der Waals surface area contributed by atoms with Crippen molar-refractivity contribution in [1.29, 1.82) is 0 Å². The van der Waals surface area contributed by atoms with E-state index < -0.39 is 22.8 Å². The van der Waals surface area contributed by atoms with Gasteiger partial charge in [-0.15, -0.1) is 0 Å². The first-order chi connectivity index (χ1) is 16.4. The van der Waals surface area contributed by atoms with Gasteiger partial charge in [0.2, 0.25) is 0 Å². The molecule has 2 N–H and O–H groups in total. The Hall–Kier alpha value is -4.05. The molecule has 0 saturated carbocycles. The number of carbonyl (C=O) groups excluding carboxylic acids is 1. The van der Waals surface area contributed by atoms with Crippen LogP contribution in [0.3, 0.4) is 0 Å². The lowest BCUT2D eigenvalue weighted by molar-refractivity contribution is 0.0932. The number of benzene rings is 1. The Morgan fingerprint density at radius 2 is 1.97 bits per heavy atom. The van der Waals surface area contributed by atoms with Gasteiger partial charge in [0.15, 0.2) is 5.75 Å². The Kier molecular flexibility index (Phi) is 6.69. The highest BCUT2D eigenvalue weighted by Crippen LogP contribution is 2.26. The lowest BCUT2D eigenvalue weighted by atomic mass is 10.1. The number of methoxy groups -OCH3 is 1. The molecule has 4 rings (SSSR count). The van der Waals surface area contributed by atoms with Gasteiger partial charge in [-0.3, -0.25) is 19.1 Å². The molecule has 0 aliphatic carbocycles. The number of imidazole rings is 1. The number of nitrogens with zero attached hydrogens (tertiary/aromatic N) is 4. The Morgan fingerprint density at radius 1 is 1.21 bits per heavy atom. The SMILES string of the molecule is COCCNC(=O)c1c(O)c2ncc(Cc3ccc(F)cc3)cc2n(Cc2nccn2C)c1=O. The number of aryl methyl sites for hydroxylation is 1. The number of amides is 1. The molecular weight excluding hydrogens is 441 g/mol. The number of hydrogen-bond acceptors (Lipinski definition) is 6. The monoisotopic (exact) mass is 465 g/mol. The molecule has 4 aromatic rings. The molecule has 0 saturated heterocycles. The highest BCUT2D eigenvalue weighted by atomic mass is 19.1. The van der Waals surface area contributed by atoms with Crippen molar-refractivity contribution < 1.29 is 19.0 Å². The molecule has 0 radical (unpaired) electrons. The molecule has 176 valence electrons. The molecular formula is C24H24FN5O4. The topological polar surface area (TPSA) is 111 Å². The zero-order valence-electron chi connectivity index (χ0n) is 18.8. The molecule has 0 aliphatic rings. The lowest BCUT2D eigenvalue weighted by Crippen LogP contribution is -2.35. The molecule has 34 heavy (non-hydrogen) atoms. The molecule has 0 fully saturated rings. The van der Waals surface area contributed by atoms with E-state index in [4.69, 9.17) is 4.74 Å². The fourth-order valence-electron chi connectivity index (χ4n) is 3.69. The number of pyridine rings is 2. The van der Waals surface area contributed by atoms with Crippen molar-refractivity contribution in [3.8, 4) is 5.75 Å². The van der Waals surface area contributed by atoms with Gasteiger partial charge in [0.05, 0.1) is 18.7 Å². The van der Waals surface area contributed by atoms with Crippen LogP contribution in [0.25, 0.3) is 11.0 Å². The van der Waals surface area contributed by atoms with Crippen molar-refractivity contribution in [2.75, 3.05) is 20.3 Å². The highest BCUT2D eigenvalue weighted by Gasteiger charge is 2.24. The van der Waals surface area contributed by atoms with Crippen molar-refractivity contribution in [2.24, 2.45) is 7.05 Å². The zero-order chi connectivity index (χ0) is 24.2. The summed E-state index contributed by atoms with van der Waals surface area (Å²) in [7, 11) is 3.29. The third kappa shape index (κ3) is 4.67. The van der Waals surface area contributed by atoms with E-state index in [1.807, 2.05) is 0 Å². The summed E-state index contributed by atoms with van der Waals surface area (Å²) in [4.78, 5) is 34.8. The molecule has 0 spiro atoms. The van der Waals surface area contributed by atoms with Gasteiger partial charge in [0.25, 0.3) is 11.5 Å². The minimum Gasteiger partial charge on any atom is -0.505 e. The quantitative estimate of drug-likeness (QED) is 0.385. The van der Waals surface area contributed by atoms with Crippen molar-refractivity contribution in [3.05, 3.63) is 87.6 Å². The van der Waals surface area contributed by atoms with Crippen LogP contribution < -0.4 is 10.9 Å². The van der Waals surface area contributed by atoms with Gasteiger partial charge < -0.3 is 19.7 Å². The second-order valence-corrected chi connectivity index (χ2v) is 7.83. The Morgan fingerprint density at radius 3 is 2.65 bits per heavy atom. The maximum atomic E-state index is 13.4. The summed E-state index contributed by atoms with van der Waals surface area (Å²) in [6.45, 7) is 0.501. The molecule has 1 aromatic carbocycles. The number of carbonyl (C=O) groups is 1. The van der Waals surface area contributed by atoms with Gasteiger partial charge in [-0.05, 0) is 35.7 Å². The third-order valence-electron chi connectivity index (χ3n) is 5.50. The summed E-state index contributed by atoms with van der Waals surface area (Å²) >= 11 is 0. The molecule has 0 aliphatic heterocycles. The van der Waals surface area contributed by atoms with Crippen LogP contribution in [0.5, 0.6) is 5.75 Å². The van der Waals surface area contributed by atoms with Crippen LogP contribution in [-0.2, 0) is 24.8 Å². The number of aromatic nitrogens is 4.